The summed E-state index contributed by atoms with van der Waals surface area (Å²) in [7, 11) is 0. The number of carbonyl (C=O) groups excluding carboxylic acids is 1. The van der Waals surface area contributed by atoms with Gasteiger partial charge in [0, 0.05) is 6.54 Å². The molecule has 2 heterocycles. The molecule has 0 saturated heterocycles. The summed E-state index contributed by atoms with van der Waals surface area (Å²) in [6, 6.07) is 11.4. The molecule has 1 aromatic carbocycles. The molecule has 3 aromatic rings. The fourth-order valence-electron chi connectivity index (χ4n) is 2.09. The molecule has 0 bridgehead atoms. The Hall–Kier alpha value is -2.89. The molecule has 0 radical (unpaired) electrons. The summed E-state index contributed by atoms with van der Waals surface area (Å²) in [6.45, 7) is 2.95. The molecule has 3 rings (SSSR count). The first-order valence-electron chi connectivity index (χ1n) is 6.95. The van der Waals surface area contributed by atoms with Gasteiger partial charge in [-0.25, -0.2) is 9.67 Å². The lowest BCUT2D eigenvalue weighted by Gasteiger charge is -2.05. The van der Waals surface area contributed by atoms with Gasteiger partial charge in [0.05, 0.1) is 6.54 Å². The van der Waals surface area contributed by atoms with Gasteiger partial charge >= 0.3 is 0 Å². The van der Waals surface area contributed by atoms with Gasteiger partial charge in [-0.1, -0.05) is 24.3 Å². The molecule has 0 fully saturated rings. The Kier molecular flexibility index (Phi) is 4.00. The van der Waals surface area contributed by atoms with E-state index >= 15 is 0 Å². The highest BCUT2D eigenvalue weighted by Crippen LogP contribution is 2.08. The highest BCUT2D eigenvalue weighted by atomic mass is 16.3. The lowest BCUT2D eigenvalue weighted by molar-refractivity contribution is 0.0922. The van der Waals surface area contributed by atoms with Crippen LogP contribution in [0.2, 0.25) is 0 Å². The second kappa shape index (κ2) is 6.26. The number of aryl methyl sites for hydroxylation is 1. The van der Waals surface area contributed by atoms with Gasteiger partial charge in [-0.2, -0.15) is 5.10 Å². The maximum Gasteiger partial charge on any atom is 0.287 e. The normalized spacial score (nSPS) is 10.6. The Labute approximate surface area is 127 Å². The van der Waals surface area contributed by atoms with E-state index in [1.165, 1.54) is 6.33 Å². The molecule has 0 aliphatic carbocycles. The molecule has 0 spiro atoms. The second-order valence-electron chi connectivity index (χ2n) is 5.00. The SMILES string of the molecule is Cc1ccc(C(=O)NCc2ccc(Cn3cncn3)cc2)o1. The summed E-state index contributed by atoms with van der Waals surface area (Å²) in [5.41, 5.74) is 2.15. The molecule has 112 valence electrons. The van der Waals surface area contributed by atoms with Crippen LogP contribution in [0, 0.1) is 6.92 Å². The number of furan rings is 1. The number of amides is 1. The topological polar surface area (TPSA) is 73.0 Å². The lowest BCUT2D eigenvalue weighted by Crippen LogP contribution is -2.22. The molecular formula is C16H16N4O2. The Balaban J connectivity index is 1.56. The highest BCUT2D eigenvalue weighted by Gasteiger charge is 2.09. The Bertz CT molecular complexity index is 745. The van der Waals surface area contributed by atoms with Crippen molar-refractivity contribution in [3.8, 4) is 0 Å². The van der Waals surface area contributed by atoms with Crippen LogP contribution < -0.4 is 5.32 Å². The number of benzene rings is 1. The quantitative estimate of drug-likeness (QED) is 0.783. The van der Waals surface area contributed by atoms with Crippen LogP contribution in [-0.4, -0.2) is 20.7 Å². The first kappa shape index (κ1) is 14.1. The maximum atomic E-state index is 11.9. The van der Waals surface area contributed by atoms with E-state index < -0.39 is 0 Å². The van der Waals surface area contributed by atoms with Crippen LogP contribution in [0.4, 0.5) is 0 Å². The molecule has 22 heavy (non-hydrogen) atoms. The summed E-state index contributed by atoms with van der Waals surface area (Å²) in [5, 5.41) is 6.90. The van der Waals surface area contributed by atoms with E-state index in [9.17, 15) is 4.79 Å². The van der Waals surface area contributed by atoms with Gasteiger partial charge in [-0.05, 0) is 30.2 Å². The van der Waals surface area contributed by atoms with Crippen molar-refractivity contribution in [2.75, 3.05) is 0 Å². The van der Waals surface area contributed by atoms with E-state index in [1.807, 2.05) is 31.2 Å². The third-order valence-corrected chi connectivity index (χ3v) is 3.25. The minimum Gasteiger partial charge on any atom is -0.456 e. The summed E-state index contributed by atoms with van der Waals surface area (Å²) >= 11 is 0. The maximum absolute atomic E-state index is 11.9. The predicted molar refractivity (Wildman–Crippen MR) is 80.2 cm³/mol. The van der Waals surface area contributed by atoms with Crippen molar-refractivity contribution in [3.05, 3.63) is 71.7 Å². The Morgan fingerprint density at radius 1 is 1.18 bits per heavy atom. The third-order valence-electron chi connectivity index (χ3n) is 3.25. The van der Waals surface area contributed by atoms with Crippen LogP contribution in [0.15, 0.2) is 53.5 Å². The molecule has 6 heteroatoms. The summed E-state index contributed by atoms with van der Waals surface area (Å²) in [5.74, 6) is 0.850. The first-order chi connectivity index (χ1) is 10.7. The molecule has 2 aromatic heterocycles. The van der Waals surface area contributed by atoms with Gasteiger partial charge in [-0.15, -0.1) is 0 Å². The van der Waals surface area contributed by atoms with E-state index in [1.54, 1.807) is 23.1 Å². The van der Waals surface area contributed by atoms with Crippen LogP contribution in [0.25, 0.3) is 0 Å². The fourth-order valence-corrected chi connectivity index (χ4v) is 2.09. The van der Waals surface area contributed by atoms with Crippen molar-refractivity contribution >= 4 is 5.91 Å². The van der Waals surface area contributed by atoms with E-state index in [0.717, 1.165) is 16.9 Å². The standard InChI is InChI=1S/C16H16N4O2/c1-12-2-7-15(22-12)16(21)18-8-13-3-5-14(6-4-13)9-20-11-17-10-19-20/h2-7,10-11H,8-9H2,1H3,(H,18,21). The monoisotopic (exact) mass is 296 g/mol. The zero-order chi connectivity index (χ0) is 15.4. The zero-order valence-electron chi connectivity index (χ0n) is 12.2. The number of nitrogens with one attached hydrogen (secondary N) is 1. The number of hydrogen-bond donors (Lipinski definition) is 1. The van der Waals surface area contributed by atoms with E-state index in [4.69, 9.17) is 4.42 Å². The molecule has 1 amide bonds. The van der Waals surface area contributed by atoms with Gasteiger partial charge in [0.15, 0.2) is 5.76 Å². The van der Waals surface area contributed by atoms with Gasteiger partial charge in [-0.3, -0.25) is 4.79 Å². The molecule has 6 nitrogen and oxygen atoms in total. The molecule has 0 aliphatic rings. The van der Waals surface area contributed by atoms with Crippen molar-refractivity contribution in [3.63, 3.8) is 0 Å². The largest absolute Gasteiger partial charge is 0.456 e. The minimum absolute atomic E-state index is 0.209. The zero-order valence-corrected chi connectivity index (χ0v) is 12.2. The third kappa shape index (κ3) is 3.41. The average Bonchev–Trinajstić information content (AvgIpc) is 3.18. The van der Waals surface area contributed by atoms with Crippen LogP contribution in [0.5, 0.6) is 0 Å². The van der Waals surface area contributed by atoms with Crippen LogP contribution in [0.3, 0.4) is 0 Å². The van der Waals surface area contributed by atoms with Crippen LogP contribution in [-0.2, 0) is 13.1 Å². The van der Waals surface area contributed by atoms with E-state index in [0.29, 0.717) is 18.8 Å². The molecular weight excluding hydrogens is 280 g/mol. The van der Waals surface area contributed by atoms with Gasteiger partial charge < -0.3 is 9.73 Å². The van der Waals surface area contributed by atoms with Crippen LogP contribution in [0.1, 0.15) is 27.4 Å². The minimum atomic E-state index is -0.209. The molecule has 0 aliphatic heterocycles. The molecule has 1 N–H and O–H groups in total. The van der Waals surface area contributed by atoms with Crippen molar-refractivity contribution < 1.29 is 9.21 Å². The molecule has 0 unspecified atom stereocenters. The van der Waals surface area contributed by atoms with Gasteiger partial charge in [0.1, 0.15) is 18.4 Å². The van der Waals surface area contributed by atoms with Crippen molar-refractivity contribution in [1.82, 2.24) is 20.1 Å². The summed E-state index contributed by atoms with van der Waals surface area (Å²) in [6.07, 6.45) is 3.19. The first-order valence-corrected chi connectivity index (χ1v) is 6.95. The van der Waals surface area contributed by atoms with Crippen molar-refractivity contribution in [2.24, 2.45) is 0 Å². The van der Waals surface area contributed by atoms with Gasteiger partial charge in [0.25, 0.3) is 5.91 Å². The highest BCUT2D eigenvalue weighted by molar-refractivity contribution is 5.91. The number of nitrogens with zero attached hydrogens (tertiary/aromatic N) is 3. The predicted octanol–water partition coefficient (Wildman–Crippen LogP) is 2.16. The lowest BCUT2D eigenvalue weighted by atomic mass is 10.1. The second-order valence-corrected chi connectivity index (χ2v) is 5.00. The average molecular weight is 296 g/mol. The number of carbonyl (C=O) groups is 1. The Morgan fingerprint density at radius 2 is 1.95 bits per heavy atom. The summed E-state index contributed by atoms with van der Waals surface area (Å²) < 4.78 is 7.04. The number of aromatic nitrogens is 3. The van der Waals surface area contributed by atoms with E-state index in [-0.39, 0.29) is 5.91 Å². The van der Waals surface area contributed by atoms with Crippen LogP contribution >= 0.6 is 0 Å². The fraction of sp³-hybridized carbons (Fsp3) is 0.188. The van der Waals surface area contributed by atoms with Crippen molar-refractivity contribution in [2.45, 2.75) is 20.0 Å². The van der Waals surface area contributed by atoms with Gasteiger partial charge in [0.2, 0.25) is 0 Å². The number of hydrogen-bond acceptors (Lipinski definition) is 4. The molecule has 0 saturated carbocycles. The Morgan fingerprint density at radius 3 is 2.59 bits per heavy atom. The van der Waals surface area contributed by atoms with E-state index in [2.05, 4.69) is 15.4 Å². The van der Waals surface area contributed by atoms with Crippen molar-refractivity contribution in [1.29, 1.82) is 0 Å². The number of rotatable bonds is 5. The summed E-state index contributed by atoms with van der Waals surface area (Å²) in [4.78, 5) is 15.8. The molecule has 0 atom stereocenters. The smallest absolute Gasteiger partial charge is 0.287 e.